The van der Waals surface area contributed by atoms with E-state index in [4.69, 9.17) is 31.0 Å². The minimum Gasteiger partial charge on any atom is -0.500 e. The van der Waals surface area contributed by atoms with Crippen LogP contribution in [0.1, 0.15) is 25.0 Å². The standard InChI is InChI=1S/C28H32ClN7O3/c1-38-24-17-25(39-2)22(29)16-21(24)23-18-36-8-4-19(15-27(36)31-23)33-11-13-35(14-12-33)28-30-7-3-26(32-28)34-9-5-20(37)6-10-34/h3-4,7-8,15-16,18,25H,5-6,9-14,17H2,1-2H3. The molecular weight excluding hydrogens is 518 g/mol. The van der Waals surface area contributed by atoms with Gasteiger partial charge in [-0.3, -0.25) is 4.79 Å². The molecule has 3 aromatic heterocycles. The molecule has 39 heavy (non-hydrogen) atoms. The van der Waals surface area contributed by atoms with E-state index >= 15 is 0 Å². The SMILES string of the molecule is COC1=C(c2cn3ccc(N4CCN(c5nccc(N6CCC(=O)CC6)n5)CC4)cc3n2)C=C(Cl)C(OC)C1. The van der Waals surface area contributed by atoms with Crippen molar-refractivity contribution in [1.29, 1.82) is 0 Å². The van der Waals surface area contributed by atoms with Crippen LogP contribution in [0.25, 0.3) is 11.2 Å². The van der Waals surface area contributed by atoms with Crippen molar-refractivity contribution in [3.05, 3.63) is 59.4 Å². The smallest absolute Gasteiger partial charge is 0.227 e. The molecule has 1 aliphatic carbocycles. The van der Waals surface area contributed by atoms with Crippen LogP contribution in [0.3, 0.4) is 0 Å². The molecule has 10 nitrogen and oxygen atoms in total. The van der Waals surface area contributed by atoms with Gasteiger partial charge < -0.3 is 28.6 Å². The maximum absolute atomic E-state index is 11.6. The predicted octanol–water partition coefficient (Wildman–Crippen LogP) is 3.52. The molecule has 2 saturated heterocycles. The van der Waals surface area contributed by atoms with E-state index in [0.717, 1.165) is 79.4 Å². The van der Waals surface area contributed by atoms with Crippen molar-refractivity contribution >= 4 is 46.1 Å². The van der Waals surface area contributed by atoms with Crippen LogP contribution in [0, 0.1) is 0 Å². The third-order valence-electron chi connectivity index (χ3n) is 7.71. The molecule has 0 aromatic carbocycles. The highest BCUT2D eigenvalue weighted by molar-refractivity contribution is 6.31. The van der Waals surface area contributed by atoms with Crippen molar-refractivity contribution in [2.24, 2.45) is 0 Å². The van der Waals surface area contributed by atoms with Gasteiger partial charge in [-0.2, -0.15) is 4.98 Å². The summed E-state index contributed by atoms with van der Waals surface area (Å²) in [6.45, 7) is 4.79. The number of ketones is 1. The number of carbonyl (C=O) groups is 1. The summed E-state index contributed by atoms with van der Waals surface area (Å²) in [5, 5.41) is 0.643. The molecule has 0 N–H and O–H groups in total. The number of anilines is 3. The highest BCUT2D eigenvalue weighted by atomic mass is 35.5. The number of piperidine rings is 1. The fourth-order valence-corrected chi connectivity index (χ4v) is 5.68. The van der Waals surface area contributed by atoms with Gasteiger partial charge in [0, 0.05) is 107 Å². The first kappa shape index (κ1) is 25.6. The number of piperazine rings is 1. The van der Waals surface area contributed by atoms with Gasteiger partial charge in [0.15, 0.2) is 0 Å². The molecule has 0 radical (unpaired) electrons. The molecule has 0 amide bonds. The minimum atomic E-state index is -0.198. The molecule has 1 unspecified atom stereocenters. The number of hydrogen-bond acceptors (Lipinski definition) is 9. The lowest BCUT2D eigenvalue weighted by molar-refractivity contribution is -0.119. The first-order valence-corrected chi connectivity index (χ1v) is 13.7. The summed E-state index contributed by atoms with van der Waals surface area (Å²) in [7, 11) is 3.31. The van der Waals surface area contributed by atoms with Gasteiger partial charge in [-0.05, 0) is 18.2 Å². The lowest BCUT2D eigenvalue weighted by Gasteiger charge is -2.36. The fourth-order valence-electron chi connectivity index (χ4n) is 5.41. The third kappa shape index (κ3) is 5.18. The topological polar surface area (TPSA) is 88.3 Å². The summed E-state index contributed by atoms with van der Waals surface area (Å²) >= 11 is 6.46. The number of methoxy groups -OCH3 is 2. The molecule has 3 aromatic rings. The summed E-state index contributed by atoms with van der Waals surface area (Å²) in [6, 6.07) is 6.17. The summed E-state index contributed by atoms with van der Waals surface area (Å²) in [6.07, 6.45) is 9.31. The van der Waals surface area contributed by atoms with E-state index in [1.54, 1.807) is 14.2 Å². The van der Waals surface area contributed by atoms with E-state index in [1.807, 2.05) is 35.1 Å². The van der Waals surface area contributed by atoms with Crippen LogP contribution in [-0.2, 0) is 14.3 Å². The number of rotatable bonds is 6. The molecule has 0 spiro atoms. The van der Waals surface area contributed by atoms with E-state index in [9.17, 15) is 4.79 Å². The Bertz CT molecular complexity index is 1430. The summed E-state index contributed by atoms with van der Waals surface area (Å²) in [4.78, 5) is 32.6. The molecule has 2 fully saturated rings. The summed E-state index contributed by atoms with van der Waals surface area (Å²) < 4.78 is 13.1. The van der Waals surface area contributed by atoms with Gasteiger partial charge >= 0.3 is 0 Å². The molecule has 11 heteroatoms. The number of aromatic nitrogens is 4. The van der Waals surface area contributed by atoms with Gasteiger partial charge in [0.2, 0.25) is 5.95 Å². The van der Waals surface area contributed by atoms with Crippen molar-refractivity contribution in [2.75, 3.05) is 68.2 Å². The van der Waals surface area contributed by atoms with Crippen LogP contribution in [0.5, 0.6) is 0 Å². The second kappa shape index (κ2) is 10.9. The number of Topliss-reactive ketones (excluding diaryl/α,β-unsaturated/α-hetero) is 1. The van der Waals surface area contributed by atoms with Gasteiger partial charge in [0.1, 0.15) is 23.0 Å². The van der Waals surface area contributed by atoms with Crippen LogP contribution in [0.4, 0.5) is 17.5 Å². The van der Waals surface area contributed by atoms with E-state index < -0.39 is 0 Å². The minimum absolute atomic E-state index is 0.198. The van der Waals surface area contributed by atoms with E-state index in [0.29, 0.717) is 30.1 Å². The third-order valence-corrected chi connectivity index (χ3v) is 8.07. The second-order valence-electron chi connectivity index (χ2n) is 9.99. The molecule has 6 rings (SSSR count). The number of hydrogen-bond donors (Lipinski definition) is 0. The molecule has 3 aliphatic rings. The van der Waals surface area contributed by atoms with Crippen molar-refractivity contribution in [3.63, 3.8) is 0 Å². The monoisotopic (exact) mass is 549 g/mol. The Hall–Kier alpha value is -3.63. The maximum Gasteiger partial charge on any atom is 0.227 e. The number of allylic oxidation sites excluding steroid dienone is 2. The zero-order valence-corrected chi connectivity index (χ0v) is 23.0. The highest BCUT2D eigenvalue weighted by Crippen LogP contribution is 2.34. The van der Waals surface area contributed by atoms with Gasteiger partial charge in [-0.25, -0.2) is 9.97 Å². The number of carbonyl (C=O) groups excluding carboxylic acids is 1. The molecule has 2 aliphatic heterocycles. The first-order valence-electron chi connectivity index (χ1n) is 13.3. The van der Waals surface area contributed by atoms with Crippen molar-refractivity contribution in [3.8, 4) is 0 Å². The Morgan fingerprint density at radius 3 is 2.49 bits per heavy atom. The Morgan fingerprint density at radius 2 is 1.74 bits per heavy atom. The highest BCUT2D eigenvalue weighted by Gasteiger charge is 2.26. The van der Waals surface area contributed by atoms with Crippen molar-refractivity contribution in [2.45, 2.75) is 25.4 Å². The average Bonchev–Trinajstić information content (AvgIpc) is 3.41. The number of imidazole rings is 1. The lowest BCUT2D eigenvalue weighted by atomic mass is 10.0. The Balaban J connectivity index is 1.15. The van der Waals surface area contributed by atoms with Crippen LogP contribution < -0.4 is 14.7 Å². The summed E-state index contributed by atoms with van der Waals surface area (Å²) in [5.41, 5.74) is 3.69. The van der Waals surface area contributed by atoms with Gasteiger partial charge in [-0.15, -0.1) is 0 Å². The Labute approximate surface area is 232 Å². The van der Waals surface area contributed by atoms with Crippen molar-refractivity contribution < 1.29 is 14.3 Å². The van der Waals surface area contributed by atoms with Crippen LogP contribution >= 0.6 is 11.6 Å². The van der Waals surface area contributed by atoms with Crippen molar-refractivity contribution in [1.82, 2.24) is 19.4 Å². The first-order chi connectivity index (χ1) is 19.0. The van der Waals surface area contributed by atoms with Gasteiger partial charge in [0.25, 0.3) is 0 Å². The normalized spacial score (nSPS) is 20.6. The van der Waals surface area contributed by atoms with Gasteiger partial charge in [-0.1, -0.05) is 11.6 Å². The fraction of sp³-hybridized carbons (Fsp3) is 0.429. The van der Waals surface area contributed by atoms with E-state index in [2.05, 4.69) is 31.8 Å². The molecule has 0 bridgehead atoms. The number of fused-ring (bicyclic) bond motifs is 1. The second-order valence-corrected chi connectivity index (χ2v) is 10.4. The number of ether oxygens (including phenoxy) is 2. The quantitative estimate of drug-likeness (QED) is 0.458. The average molecular weight is 550 g/mol. The van der Waals surface area contributed by atoms with Gasteiger partial charge in [0.05, 0.1) is 18.9 Å². The molecule has 0 saturated carbocycles. The Kier molecular flexibility index (Phi) is 7.14. The van der Waals surface area contributed by atoms with Crippen LogP contribution in [0.15, 0.2) is 53.7 Å². The molecule has 204 valence electrons. The zero-order valence-electron chi connectivity index (χ0n) is 22.2. The molecule has 5 heterocycles. The van der Waals surface area contributed by atoms with E-state index in [1.165, 1.54) is 0 Å². The predicted molar refractivity (Wildman–Crippen MR) is 151 cm³/mol. The van der Waals surface area contributed by atoms with E-state index in [-0.39, 0.29) is 6.10 Å². The molecular formula is C28H32ClN7O3. The lowest BCUT2D eigenvalue weighted by Crippen LogP contribution is -2.47. The zero-order chi connectivity index (χ0) is 26.9. The number of pyridine rings is 1. The summed E-state index contributed by atoms with van der Waals surface area (Å²) in [5.74, 6) is 2.78. The van der Waals surface area contributed by atoms with Crippen LogP contribution in [0.2, 0.25) is 0 Å². The maximum atomic E-state index is 11.6. The molecule has 1 atom stereocenters. The Morgan fingerprint density at radius 1 is 0.974 bits per heavy atom. The number of halogens is 1. The largest absolute Gasteiger partial charge is 0.500 e. The van der Waals surface area contributed by atoms with Crippen LogP contribution in [-0.4, -0.2) is 84.7 Å². The number of nitrogens with zero attached hydrogens (tertiary/aromatic N) is 7.